The van der Waals surface area contributed by atoms with Crippen molar-refractivity contribution in [1.82, 2.24) is 0 Å². The van der Waals surface area contributed by atoms with Crippen molar-refractivity contribution in [2.24, 2.45) is 17.3 Å². The Hall–Kier alpha value is -1.77. The molecule has 1 saturated carbocycles. The Morgan fingerprint density at radius 1 is 1.42 bits per heavy atom. The Morgan fingerprint density at radius 2 is 2.16 bits per heavy atom. The zero-order valence-electron chi connectivity index (χ0n) is 11.2. The minimum absolute atomic E-state index is 0.0173. The van der Waals surface area contributed by atoms with Crippen LogP contribution < -0.4 is 4.74 Å². The first-order valence-electron chi connectivity index (χ1n) is 6.62. The van der Waals surface area contributed by atoms with Gasteiger partial charge in [0.2, 0.25) is 0 Å². The molecule has 19 heavy (non-hydrogen) atoms. The highest BCUT2D eigenvalue weighted by atomic mass is 16.5. The molecule has 0 amide bonds. The van der Waals surface area contributed by atoms with Crippen LogP contribution in [0.15, 0.2) is 36.4 Å². The Balaban J connectivity index is 2.09. The maximum atomic E-state index is 11.7. The highest BCUT2D eigenvalue weighted by Gasteiger charge is 2.56. The van der Waals surface area contributed by atoms with Crippen molar-refractivity contribution in [3.05, 3.63) is 42.0 Å². The quantitative estimate of drug-likeness (QED) is 0.847. The Bertz CT molecular complexity index is 549. The topological polar surface area (TPSA) is 46.5 Å². The predicted octanol–water partition coefficient (Wildman–Crippen LogP) is 3.08. The van der Waals surface area contributed by atoms with E-state index in [0.717, 1.165) is 17.7 Å². The number of methoxy groups -OCH3 is 1. The normalized spacial score (nSPS) is 35.6. The van der Waals surface area contributed by atoms with Gasteiger partial charge in [-0.05, 0) is 29.4 Å². The maximum Gasteiger partial charge on any atom is 0.308 e. The van der Waals surface area contributed by atoms with Gasteiger partial charge >= 0.3 is 5.97 Å². The molecule has 1 N–H and O–H groups in total. The van der Waals surface area contributed by atoms with Gasteiger partial charge in [0.15, 0.2) is 0 Å². The molecule has 100 valence electrons. The minimum Gasteiger partial charge on any atom is -0.496 e. The van der Waals surface area contributed by atoms with Crippen LogP contribution in [0.1, 0.15) is 24.8 Å². The van der Waals surface area contributed by atoms with Gasteiger partial charge in [-0.15, -0.1) is 0 Å². The fourth-order valence-corrected chi connectivity index (χ4v) is 3.91. The molecule has 3 rings (SSSR count). The number of carboxylic acid groups (broad SMARTS) is 1. The summed E-state index contributed by atoms with van der Waals surface area (Å²) in [5, 5.41) is 9.62. The van der Waals surface area contributed by atoms with E-state index in [1.165, 1.54) is 0 Å². The zero-order valence-corrected chi connectivity index (χ0v) is 11.2. The van der Waals surface area contributed by atoms with E-state index < -0.39 is 5.97 Å². The number of aliphatic carboxylic acids is 1. The van der Waals surface area contributed by atoms with Gasteiger partial charge in [0.05, 0.1) is 13.0 Å². The van der Waals surface area contributed by atoms with Crippen LogP contribution in [0.3, 0.4) is 0 Å². The van der Waals surface area contributed by atoms with Crippen LogP contribution >= 0.6 is 0 Å². The molecular weight excluding hydrogens is 240 g/mol. The van der Waals surface area contributed by atoms with Crippen LogP contribution in [0.5, 0.6) is 5.75 Å². The number of allylic oxidation sites excluding steroid dienone is 2. The SMILES string of the molecule is COc1ccccc1C1C2C=CC(C)(C2)C1C(=O)O. The van der Waals surface area contributed by atoms with Crippen LogP contribution in [-0.4, -0.2) is 18.2 Å². The van der Waals surface area contributed by atoms with E-state index in [1.807, 2.05) is 24.3 Å². The molecule has 0 aliphatic heterocycles. The van der Waals surface area contributed by atoms with Gasteiger partial charge in [0.1, 0.15) is 5.75 Å². The average Bonchev–Trinajstić information content (AvgIpc) is 2.91. The van der Waals surface area contributed by atoms with Crippen molar-refractivity contribution in [2.75, 3.05) is 7.11 Å². The first kappa shape index (κ1) is 12.3. The molecule has 0 saturated heterocycles. The van der Waals surface area contributed by atoms with Crippen LogP contribution in [0.4, 0.5) is 0 Å². The molecule has 0 radical (unpaired) electrons. The third-order valence-corrected chi connectivity index (χ3v) is 4.69. The van der Waals surface area contributed by atoms with Crippen LogP contribution in [-0.2, 0) is 4.79 Å². The number of hydrogen-bond donors (Lipinski definition) is 1. The fourth-order valence-electron chi connectivity index (χ4n) is 3.91. The van der Waals surface area contributed by atoms with Crippen LogP contribution in [0.25, 0.3) is 0 Å². The first-order chi connectivity index (χ1) is 9.07. The molecule has 3 heteroatoms. The van der Waals surface area contributed by atoms with Gasteiger partial charge in [-0.25, -0.2) is 0 Å². The molecule has 1 fully saturated rings. The molecule has 2 aliphatic rings. The molecule has 3 nitrogen and oxygen atoms in total. The second-order valence-electron chi connectivity index (χ2n) is 5.82. The van der Waals surface area contributed by atoms with E-state index in [-0.39, 0.29) is 17.3 Å². The highest BCUT2D eigenvalue weighted by molar-refractivity contribution is 5.75. The smallest absolute Gasteiger partial charge is 0.308 e. The number of carboxylic acids is 1. The molecule has 0 spiro atoms. The monoisotopic (exact) mass is 258 g/mol. The summed E-state index contributed by atoms with van der Waals surface area (Å²) in [5.41, 5.74) is 0.803. The number of rotatable bonds is 3. The van der Waals surface area contributed by atoms with E-state index in [9.17, 15) is 9.90 Å². The molecule has 4 unspecified atom stereocenters. The van der Waals surface area contributed by atoms with Crippen LogP contribution in [0.2, 0.25) is 0 Å². The summed E-state index contributed by atoms with van der Waals surface area (Å²) in [6.45, 7) is 2.05. The zero-order chi connectivity index (χ0) is 13.6. The number of para-hydroxylation sites is 1. The molecule has 1 aromatic rings. The second-order valence-corrected chi connectivity index (χ2v) is 5.82. The maximum absolute atomic E-state index is 11.7. The summed E-state index contributed by atoms with van der Waals surface area (Å²) in [6, 6.07) is 7.78. The molecule has 1 aromatic carbocycles. The third kappa shape index (κ3) is 1.68. The lowest BCUT2D eigenvalue weighted by molar-refractivity contribution is -0.144. The average molecular weight is 258 g/mol. The summed E-state index contributed by atoms with van der Waals surface area (Å²) in [5.74, 6) is 0.0541. The van der Waals surface area contributed by atoms with Crippen molar-refractivity contribution in [3.63, 3.8) is 0 Å². The standard InChI is InChI=1S/C16H18O3/c1-16-8-7-10(9-16)13(14(16)15(17)18)11-5-3-4-6-12(11)19-2/h3-8,10,13-14H,9H2,1-2H3,(H,17,18). The predicted molar refractivity (Wildman–Crippen MR) is 72.2 cm³/mol. The number of fused-ring (bicyclic) bond motifs is 2. The van der Waals surface area contributed by atoms with E-state index in [4.69, 9.17) is 4.74 Å². The Labute approximate surface area is 112 Å². The van der Waals surface area contributed by atoms with Gasteiger partial charge < -0.3 is 9.84 Å². The molecular formula is C16H18O3. The first-order valence-corrected chi connectivity index (χ1v) is 6.62. The summed E-state index contributed by atoms with van der Waals surface area (Å²) in [4.78, 5) is 11.7. The van der Waals surface area contributed by atoms with E-state index in [2.05, 4.69) is 19.1 Å². The number of hydrogen-bond acceptors (Lipinski definition) is 2. The Kier molecular flexibility index (Phi) is 2.66. The summed E-state index contributed by atoms with van der Waals surface area (Å²) in [7, 11) is 1.64. The summed E-state index contributed by atoms with van der Waals surface area (Å²) in [6.07, 6.45) is 5.19. The van der Waals surface area contributed by atoms with Crippen molar-refractivity contribution < 1.29 is 14.6 Å². The van der Waals surface area contributed by atoms with Gasteiger partial charge in [-0.3, -0.25) is 4.79 Å². The van der Waals surface area contributed by atoms with Crippen LogP contribution in [0, 0.1) is 17.3 Å². The molecule has 0 heterocycles. The summed E-state index contributed by atoms with van der Waals surface area (Å²) >= 11 is 0. The fraction of sp³-hybridized carbons (Fsp3) is 0.438. The van der Waals surface area contributed by atoms with E-state index >= 15 is 0 Å². The minimum atomic E-state index is -0.703. The molecule has 0 aromatic heterocycles. The van der Waals surface area contributed by atoms with E-state index in [1.54, 1.807) is 7.11 Å². The van der Waals surface area contributed by atoms with Crippen molar-refractivity contribution in [1.29, 1.82) is 0 Å². The lowest BCUT2D eigenvalue weighted by atomic mass is 9.72. The molecule has 2 aliphatic carbocycles. The Morgan fingerprint density at radius 3 is 2.84 bits per heavy atom. The van der Waals surface area contributed by atoms with Gasteiger partial charge in [0, 0.05) is 5.92 Å². The number of carbonyl (C=O) groups is 1. The third-order valence-electron chi connectivity index (χ3n) is 4.69. The number of benzene rings is 1. The largest absolute Gasteiger partial charge is 0.496 e. The molecule has 2 bridgehead atoms. The highest BCUT2D eigenvalue weighted by Crippen LogP contribution is 2.61. The lowest BCUT2D eigenvalue weighted by Crippen LogP contribution is -2.32. The second kappa shape index (κ2) is 4.12. The van der Waals surface area contributed by atoms with Gasteiger partial charge in [-0.1, -0.05) is 37.3 Å². The van der Waals surface area contributed by atoms with Gasteiger partial charge in [0.25, 0.3) is 0 Å². The van der Waals surface area contributed by atoms with Crippen molar-refractivity contribution in [3.8, 4) is 5.75 Å². The molecule has 4 atom stereocenters. The van der Waals surface area contributed by atoms with Crippen molar-refractivity contribution >= 4 is 5.97 Å². The lowest BCUT2D eigenvalue weighted by Gasteiger charge is -2.31. The summed E-state index contributed by atoms with van der Waals surface area (Å²) < 4.78 is 5.41. The van der Waals surface area contributed by atoms with Gasteiger partial charge in [-0.2, -0.15) is 0 Å². The van der Waals surface area contributed by atoms with E-state index in [0.29, 0.717) is 5.92 Å². The van der Waals surface area contributed by atoms with Crippen molar-refractivity contribution in [2.45, 2.75) is 19.3 Å². The number of ether oxygens (including phenoxy) is 1.